The number of carboxylic acid groups (broad SMARTS) is 1. The first-order valence-corrected chi connectivity index (χ1v) is 8.91. The van der Waals surface area contributed by atoms with Crippen LogP contribution in [0.3, 0.4) is 0 Å². The molecule has 1 aliphatic rings. The van der Waals surface area contributed by atoms with E-state index in [1.54, 1.807) is 0 Å². The van der Waals surface area contributed by atoms with Gasteiger partial charge in [0.25, 0.3) is 0 Å². The lowest BCUT2D eigenvalue weighted by Gasteiger charge is -2.31. The number of carboxylic acids is 1. The van der Waals surface area contributed by atoms with Gasteiger partial charge in [0.2, 0.25) is 0 Å². The Kier molecular flexibility index (Phi) is 5.25. The van der Waals surface area contributed by atoms with Crippen molar-refractivity contribution in [2.75, 3.05) is 29.0 Å². The molecule has 0 atom stereocenters. The number of nitrogens with zero attached hydrogens (tertiary/aromatic N) is 3. The summed E-state index contributed by atoms with van der Waals surface area (Å²) in [7, 11) is 0. The average molecular weight is 355 g/mol. The zero-order valence-corrected chi connectivity index (χ0v) is 15.1. The molecule has 7 heteroatoms. The summed E-state index contributed by atoms with van der Waals surface area (Å²) in [5.41, 5.74) is 8.95. The normalized spacial score (nSPS) is 15.3. The number of nitrogen functional groups attached to an aromatic ring is 1. The van der Waals surface area contributed by atoms with E-state index in [-0.39, 0.29) is 5.92 Å². The topological polar surface area (TPSA) is 104 Å². The number of hydrogen-bond acceptors (Lipinski definition) is 6. The molecule has 4 N–H and O–H groups in total. The second-order valence-corrected chi connectivity index (χ2v) is 6.96. The molecule has 0 saturated carbocycles. The van der Waals surface area contributed by atoms with Gasteiger partial charge in [0.05, 0.1) is 5.92 Å². The second-order valence-electron chi connectivity index (χ2n) is 6.96. The van der Waals surface area contributed by atoms with Crippen LogP contribution in [0, 0.1) is 5.92 Å². The summed E-state index contributed by atoms with van der Waals surface area (Å²) < 4.78 is 0. The highest BCUT2D eigenvalue weighted by molar-refractivity contribution is 5.78. The van der Waals surface area contributed by atoms with E-state index in [2.05, 4.69) is 41.3 Å². The Labute approximate surface area is 153 Å². The molecule has 2 aromatic rings. The Morgan fingerprint density at radius 1 is 1.23 bits per heavy atom. The van der Waals surface area contributed by atoms with Crippen LogP contribution in [0.25, 0.3) is 0 Å². The molecule has 1 aromatic carbocycles. The first-order valence-electron chi connectivity index (χ1n) is 8.91. The SMILES string of the molecule is CC(C)c1ccc(Nc2ncnc(N3CCC(C(=O)O)CC3)c2N)cc1. The summed E-state index contributed by atoms with van der Waals surface area (Å²) in [4.78, 5) is 21.7. The van der Waals surface area contributed by atoms with E-state index >= 15 is 0 Å². The minimum Gasteiger partial charge on any atom is -0.481 e. The van der Waals surface area contributed by atoms with Crippen molar-refractivity contribution in [1.82, 2.24) is 9.97 Å². The summed E-state index contributed by atoms with van der Waals surface area (Å²) in [6, 6.07) is 8.19. The molecule has 1 aromatic heterocycles. The minimum atomic E-state index is -0.729. The molecule has 0 spiro atoms. The van der Waals surface area contributed by atoms with Crippen LogP contribution in [0.2, 0.25) is 0 Å². The number of nitrogens with one attached hydrogen (secondary N) is 1. The largest absolute Gasteiger partial charge is 0.481 e. The summed E-state index contributed by atoms with van der Waals surface area (Å²) >= 11 is 0. The molecular weight excluding hydrogens is 330 g/mol. The molecule has 1 saturated heterocycles. The third-order valence-electron chi connectivity index (χ3n) is 4.85. The van der Waals surface area contributed by atoms with Gasteiger partial charge in [-0.25, -0.2) is 9.97 Å². The fourth-order valence-corrected chi connectivity index (χ4v) is 3.16. The van der Waals surface area contributed by atoms with Gasteiger partial charge in [0.1, 0.15) is 12.0 Å². The average Bonchev–Trinajstić information content (AvgIpc) is 2.64. The number of benzene rings is 1. The number of nitrogens with two attached hydrogens (primary N) is 1. The van der Waals surface area contributed by atoms with E-state index in [0.29, 0.717) is 49.2 Å². The maximum atomic E-state index is 11.1. The Morgan fingerprint density at radius 3 is 2.46 bits per heavy atom. The lowest BCUT2D eigenvalue weighted by atomic mass is 9.97. The van der Waals surface area contributed by atoms with Gasteiger partial charge in [-0.2, -0.15) is 0 Å². The van der Waals surface area contributed by atoms with Crippen LogP contribution in [0.5, 0.6) is 0 Å². The summed E-state index contributed by atoms with van der Waals surface area (Å²) in [5.74, 6) is 0.685. The predicted molar refractivity (Wildman–Crippen MR) is 103 cm³/mol. The lowest BCUT2D eigenvalue weighted by Crippen LogP contribution is -2.37. The molecule has 26 heavy (non-hydrogen) atoms. The number of hydrogen-bond donors (Lipinski definition) is 3. The van der Waals surface area contributed by atoms with Crippen molar-refractivity contribution in [3.05, 3.63) is 36.2 Å². The van der Waals surface area contributed by atoms with Gasteiger partial charge in [-0.3, -0.25) is 4.79 Å². The third-order valence-corrected chi connectivity index (χ3v) is 4.85. The lowest BCUT2D eigenvalue weighted by molar-refractivity contribution is -0.142. The quantitative estimate of drug-likeness (QED) is 0.756. The van der Waals surface area contributed by atoms with Gasteiger partial charge in [0, 0.05) is 18.8 Å². The van der Waals surface area contributed by atoms with Crippen molar-refractivity contribution in [3.8, 4) is 0 Å². The molecule has 0 bridgehead atoms. The molecule has 2 heterocycles. The molecule has 0 radical (unpaired) electrons. The number of carbonyl (C=O) groups is 1. The minimum absolute atomic E-state index is 0.286. The molecular formula is C19H25N5O2. The van der Waals surface area contributed by atoms with Crippen LogP contribution in [0.1, 0.15) is 38.2 Å². The Bertz CT molecular complexity index is 768. The standard InChI is InChI=1S/C19H25N5O2/c1-12(2)13-3-5-15(6-4-13)23-17-16(20)18(22-11-21-17)24-9-7-14(8-10-24)19(25)26/h3-6,11-12,14H,7-10,20H2,1-2H3,(H,25,26)(H,21,22,23). The van der Waals surface area contributed by atoms with Crippen molar-refractivity contribution in [2.45, 2.75) is 32.6 Å². The Balaban J connectivity index is 1.74. The number of anilines is 4. The number of piperidine rings is 1. The zero-order valence-electron chi connectivity index (χ0n) is 15.1. The van der Waals surface area contributed by atoms with Gasteiger partial charge in [-0.15, -0.1) is 0 Å². The molecule has 138 valence electrons. The monoisotopic (exact) mass is 355 g/mol. The summed E-state index contributed by atoms with van der Waals surface area (Å²) in [6.45, 7) is 5.57. The van der Waals surface area contributed by atoms with Gasteiger partial charge < -0.3 is 21.1 Å². The highest BCUT2D eigenvalue weighted by Gasteiger charge is 2.26. The van der Waals surface area contributed by atoms with Gasteiger partial charge in [-0.05, 0) is 36.5 Å². The van der Waals surface area contributed by atoms with E-state index in [4.69, 9.17) is 10.8 Å². The van der Waals surface area contributed by atoms with Crippen LogP contribution in [0.4, 0.5) is 23.0 Å². The smallest absolute Gasteiger partial charge is 0.306 e. The van der Waals surface area contributed by atoms with Crippen LogP contribution >= 0.6 is 0 Å². The highest BCUT2D eigenvalue weighted by Crippen LogP contribution is 2.31. The fraction of sp³-hybridized carbons (Fsp3) is 0.421. The number of aliphatic carboxylic acids is 1. The number of rotatable bonds is 5. The molecule has 1 aliphatic heterocycles. The summed E-state index contributed by atoms with van der Waals surface area (Å²) in [5, 5.41) is 12.4. The zero-order chi connectivity index (χ0) is 18.7. The first-order chi connectivity index (χ1) is 12.5. The van der Waals surface area contributed by atoms with Crippen LogP contribution in [-0.4, -0.2) is 34.1 Å². The first kappa shape index (κ1) is 18.0. The van der Waals surface area contributed by atoms with Crippen molar-refractivity contribution in [1.29, 1.82) is 0 Å². The van der Waals surface area contributed by atoms with Gasteiger partial charge in [0.15, 0.2) is 11.6 Å². The van der Waals surface area contributed by atoms with Crippen molar-refractivity contribution in [3.63, 3.8) is 0 Å². The molecule has 0 unspecified atom stereocenters. The van der Waals surface area contributed by atoms with Gasteiger partial charge in [-0.1, -0.05) is 26.0 Å². The predicted octanol–water partition coefficient (Wildman–Crippen LogP) is 3.23. The molecule has 7 nitrogen and oxygen atoms in total. The fourth-order valence-electron chi connectivity index (χ4n) is 3.16. The molecule has 1 fully saturated rings. The van der Waals surface area contributed by atoms with E-state index in [1.165, 1.54) is 11.9 Å². The Morgan fingerprint density at radius 2 is 1.88 bits per heavy atom. The summed E-state index contributed by atoms with van der Waals surface area (Å²) in [6.07, 6.45) is 2.68. The maximum Gasteiger partial charge on any atom is 0.306 e. The van der Waals surface area contributed by atoms with Crippen molar-refractivity contribution >= 4 is 29.0 Å². The van der Waals surface area contributed by atoms with Crippen LogP contribution < -0.4 is 16.0 Å². The van der Waals surface area contributed by atoms with Crippen LogP contribution in [0.15, 0.2) is 30.6 Å². The van der Waals surface area contributed by atoms with E-state index in [0.717, 1.165) is 5.69 Å². The van der Waals surface area contributed by atoms with E-state index in [1.807, 2.05) is 17.0 Å². The van der Waals surface area contributed by atoms with Crippen molar-refractivity contribution < 1.29 is 9.90 Å². The third kappa shape index (κ3) is 3.87. The van der Waals surface area contributed by atoms with E-state index in [9.17, 15) is 4.79 Å². The second kappa shape index (κ2) is 7.59. The Hall–Kier alpha value is -2.83. The van der Waals surface area contributed by atoms with Gasteiger partial charge >= 0.3 is 5.97 Å². The van der Waals surface area contributed by atoms with Crippen molar-refractivity contribution in [2.24, 2.45) is 5.92 Å². The molecule has 0 amide bonds. The van der Waals surface area contributed by atoms with Crippen LogP contribution in [-0.2, 0) is 4.79 Å². The van der Waals surface area contributed by atoms with E-state index < -0.39 is 5.97 Å². The maximum absolute atomic E-state index is 11.1. The molecule has 0 aliphatic carbocycles. The number of aromatic nitrogens is 2. The highest BCUT2D eigenvalue weighted by atomic mass is 16.4. The molecule has 3 rings (SSSR count).